The molecular weight excluding hydrogens is 269 g/mol. The van der Waals surface area contributed by atoms with Crippen molar-refractivity contribution in [1.29, 1.82) is 0 Å². The Morgan fingerprint density at radius 1 is 1.29 bits per heavy atom. The van der Waals surface area contributed by atoms with Crippen molar-refractivity contribution in [1.82, 2.24) is 19.9 Å². The average Bonchev–Trinajstić information content (AvgIpc) is 2.51. The SMILES string of the molecule is Fc1cnc(NC2CCCN(Cc3cccnc3)C2)nc1. The lowest BCUT2D eigenvalue weighted by Gasteiger charge is -2.33. The topological polar surface area (TPSA) is 53.9 Å². The fourth-order valence-electron chi connectivity index (χ4n) is 2.64. The van der Waals surface area contributed by atoms with Crippen molar-refractivity contribution in [3.8, 4) is 0 Å². The molecule has 110 valence electrons. The fraction of sp³-hybridized carbons (Fsp3) is 0.400. The molecule has 21 heavy (non-hydrogen) atoms. The molecule has 1 aliphatic rings. The van der Waals surface area contributed by atoms with Gasteiger partial charge in [-0.15, -0.1) is 0 Å². The first-order chi connectivity index (χ1) is 10.3. The predicted octanol–water partition coefficient (Wildman–Crippen LogP) is 2.09. The maximum absolute atomic E-state index is 12.8. The molecule has 1 atom stereocenters. The maximum atomic E-state index is 12.8. The summed E-state index contributed by atoms with van der Waals surface area (Å²) in [7, 11) is 0. The lowest BCUT2D eigenvalue weighted by atomic mass is 10.1. The van der Waals surface area contributed by atoms with Gasteiger partial charge in [-0.1, -0.05) is 6.07 Å². The number of nitrogens with zero attached hydrogens (tertiary/aromatic N) is 4. The minimum Gasteiger partial charge on any atom is -0.350 e. The van der Waals surface area contributed by atoms with Gasteiger partial charge in [-0.3, -0.25) is 9.88 Å². The molecule has 1 saturated heterocycles. The quantitative estimate of drug-likeness (QED) is 0.933. The molecule has 1 aliphatic heterocycles. The number of anilines is 1. The lowest BCUT2D eigenvalue weighted by molar-refractivity contribution is 0.208. The Balaban J connectivity index is 1.57. The summed E-state index contributed by atoms with van der Waals surface area (Å²) >= 11 is 0. The summed E-state index contributed by atoms with van der Waals surface area (Å²) in [4.78, 5) is 14.4. The van der Waals surface area contributed by atoms with Crippen molar-refractivity contribution in [2.75, 3.05) is 18.4 Å². The molecule has 0 amide bonds. The zero-order chi connectivity index (χ0) is 14.5. The van der Waals surface area contributed by atoms with E-state index in [9.17, 15) is 4.39 Å². The molecule has 1 N–H and O–H groups in total. The first-order valence-electron chi connectivity index (χ1n) is 7.15. The number of nitrogens with one attached hydrogen (secondary N) is 1. The third kappa shape index (κ3) is 3.95. The van der Waals surface area contributed by atoms with E-state index in [2.05, 4.69) is 31.2 Å². The summed E-state index contributed by atoms with van der Waals surface area (Å²) in [5.41, 5.74) is 1.22. The van der Waals surface area contributed by atoms with Crippen molar-refractivity contribution in [3.63, 3.8) is 0 Å². The van der Waals surface area contributed by atoms with E-state index in [0.717, 1.165) is 32.5 Å². The Bertz CT molecular complexity index is 560. The van der Waals surface area contributed by atoms with Crippen LogP contribution >= 0.6 is 0 Å². The first-order valence-corrected chi connectivity index (χ1v) is 7.15. The summed E-state index contributed by atoms with van der Waals surface area (Å²) in [6.07, 6.45) is 8.26. The molecule has 0 saturated carbocycles. The van der Waals surface area contributed by atoms with Crippen LogP contribution in [0.5, 0.6) is 0 Å². The van der Waals surface area contributed by atoms with Crippen molar-refractivity contribution in [3.05, 3.63) is 48.3 Å². The molecule has 0 aliphatic carbocycles. The van der Waals surface area contributed by atoms with Gasteiger partial charge in [-0.05, 0) is 31.0 Å². The second-order valence-electron chi connectivity index (χ2n) is 5.30. The number of hydrogen-bond donors (Lipinski definition) is 1. The van der Waals surface area contributed by atoms with Gasteiger partial charge in [0.05, 0.1) is 12.4 Å². The van der Waals surface area contributed by atoms with Crippen LogP contribution in [0, 0.1) is 5.82 Å². The maximum Gasteiger partial charge on any atom is 0.223 e. The Kier molecular flexibility index (Phi) is 4.35. The van der Waals surface area contributed by atoms with Crippen molar-refractivity contribution in [2.24, 2.45) is 0 Å². The predicted molar refractivity (Wildman–Crippen MR) is 78.1 cm³/mol. The molecule has 0 bridgehead atoms. The molecule has 3 rings (SSSR count). The van der Waals surface area contributed by atoms with E-state index in [-0.39, 0.29) is 0 Å². The molecule has 0 spiro atoms. The van der Waals surface area contributed by atoms with Crippen molar-refractivity contribution in [2.45, 2.75) is 25.4 Å². The monoisotopic (exact) mass is 287 g/mol. The summed E-state index contributed by atoms with van der Waals surface area (Å²) in [5.74, 6) is 0.0760. The summed E-state index contributed by atoms with van der Waals surface area (Å²) in [6, 6.07) is 4.34. The Morgan fingerprint density at radius 3 is 2.90 bits per heavy atom. The van der Waals surface area contributed by atoms with Crippen LogP contribution in [0.15, 0.2) is 36.9 Å². The van der Waals surface area contributed by atoms with E-state index in [4.69, 9.17) is 0 Å². The van der Waals surface area contributed by atoms with Crippen LogP contribution < -0.4 is 5.32 Å². The third-order valence-electron chi connectivity index (χ3n) is 3.59. The highest BCUT2D eigenvalue weighted by molar-refractivity contribution is 5.25. The van der Waals surface area contributed by atoms with Gasteiger partial charge in [-0.25, -0.2) is 14.4 Å². The molecule has 2 aromatic rings. The minimum absolute atomic E-state index is 0.292. The van der Waals surface area contributed by atoms with E-state index in [1.165, 1.54) is 18.0 Å². The minimum atomic E-state index is -0.414. The third-order valence-corrected chi connectivity index (χ3v) is 3.59. The van der Waals surface area contributed by atoms with E-state index in [1.54, 1.807) is 6.20 Å². The van der Waals surface area contributed by atoms with Crippen LogP contribution in [0.2, 0.25) is 0 Å². The number of piperidine rings is 1. The van der Waals surface area contributed by atoms with Crippen LogP contribution in [0.25, 0.3) is 0 Å². The zero-order valence-corrected chi connectivity index (χ0v) is 11.7. The molecular formula is C15H18FN5. The van der Waals surface area contributed by atoms with Gasteiger partial charge < -0.3 is 5.32 Å². The number of rotatable bonds is 4. The van der Waals surface area contributed by atoms with Crippen LogP contribution in [-0.4, -0.2) is 39.0 Å². The first kappa shape index (κ1) is 13.9. The highest BCUT2D eigenvalue weighted by Gasteiger charge is 2.20. The Labute approximate surface area is 123 Å². The molecule has 0 aromatic carbocycles. The second kappa shape index (κ2) is 6.58. The summed E-state index contributed by atoms with van der Waals surface area (Å²) in [5, 5.41) is 3.28. The van der Waals surface area contributed by atoms with E-state index < -0.39 is 5.82 Å². The molecule has 5 nitrogen and oxygen atoms in total. The van der Waals surface area contributed by atoms with Crippen LogP contribution in [0.3, 0.4) is 0 Å². The fourth-order valence-corrected chi connectivity index (χ4v) is 2.64. The van der Waals surface area contributed by atoms with Crippen LogP contribution in [0.1, 0.15) is 18.4 Å². The number of pyridine rings is 1. The summed E-state index contributed by atoms with van der Waals surface area (Å²) < 4.78 is 12.8. The highest BCUT2D eigenvalue weighted by atomic mass is 19.1. The smallest absolute Gasteiger partial charge is 0.223 e. The largest absolute Gasteiger partial charge is 0.350 e. The van der Waals surface area contributed by atoms with Gasteiger partial charge in [-0.2, -0.15) is 0 Å². The number of likely N-dealkylation sites (tertiary alicyclic amines) is 1. The number of aromatic nitrogens is 3. The number of hydrogen-bond acceptors (Lipinski definition) is 5. The van der Waals surface area contributed by atoms with Gasteiger partial charge in [0.2, 0.25) is 5.95 Å². The zero-order valence-electron chi connectivity index (χ0n) is 11.7. The van der Waals surface area contributed by atoms with E-state index in [0.29, 0.717) is 12.0 Å². The van der Waals surface area contributed by atoms with Gasteiger partial charge in [0, 0.05) is 31.5 Å². The summed E-state index contributed by atoms with van der Waals surface area (Å²) in [6.45, 7) is 2.91. The standard InChI is InChI=1S/C15H18FN5/c16-13-8-18-15(19-9-13)20-14-4-2-6-21(11-14)10-12-3-1-5-17-7-12/h1,3,5,7-9,14H,2,4,6,10-11H2,(H,18,19,20). The average molecular weight is 287 g/mol. The molecule has 2 aromatic heterocycles. The Morgan fingerprint density at radius 2 is 2.14 bits per heavy atom. The van der Waals surface area contributed by atoms with Crippen LogP contribution in [-0.2, 0) is 6.54 Å². The molecule has 1 unspecified atom stereocenters. The van der Waals surface area contributed by atoms with Crippen molar-refractivity contribution >= 4 is 5.95 Å². The molecule has 0 radical (unpaired) electrons. The van der Waals surface area contributed by atoms with Gasteiger partial charge in [0.15, 0.2) is 5.82 Å². The normalized spacial score (nSPS) is 19.4. The van der Waals surface area contributed by atoms with Gasteiger partial charge in [0.1, 0.15) is 0 Å². The number of halogens is 1. The van der Waals surface area contributed by atoms with E-state index >= 15 is 0 Å². The van der Waals surface area contributed by atoms with Gasteiger partial charge in [0.25, 0.3) is 0 Å². The van der Waals surface area contributed by atoms with Gasteiger partial charge >= 0.3 is 0 Å². The van der Waals surface area contributed by atoms with Crippen molar-refractivity contribution < 1.29 is 4.39 Å². The molecule has 6 heteroatoms. The molecule has 3 heterocycles. The molecule has 1 fully saturated rings. The lowest BCUT2D eigenvalue weighted by Crippen LogP contribution is -2.41. The highest BCUT2D eigenvalue weighted by Crippen LogP contribution is 2.15. The second-order valence-corrected chi connectivity index (χ2v) is 5.30. The van der Waals surface area contributed by atoms with Crippen LogP contribution in [0.4, 0.5) is 10.3 Å². The Hall–Kier alpha value is -2.08. The van der Waals surface area contributed by atoms with E-state index in [1.807, 2.05) is 12.3 Å².